The molecular weight excluding hydrogens is 253 g/mol. The van der Waals surface area contributed by atoms with E-state index in [1.807, 2.05) is 48.1 Å². The Bertz CT molecular complexity index is 720. The molecule has 0 radical (unpaired) electrons. The highest BCUT2D eigenvalue weighted by molar-refractivity contribution is 5.53. The molecule has 102 valence electrons. The minimum Gasteiger partial charge on any atom is -0.306 e. The molecule has 0 saturated carbocycles. The normalized spacial score (nSPS) is 12.7. The molecular formula is C16H16FN3. The molecule has 1 atom stereocenters. The zero-order valence-corrected chi connectivity index (χ0v) is 11.3. The molecule has 1 unspecified atom stereocenters. The Kier molecular flexibility index (Phi) is 3.48. The number of rotatable bonds is 4. The molecule has 1 aromatic carbocycles. The van der Waals surface area contributed by atoms with Gasteiger partial charge in [-0.05, 0) is 36.8 Å². The van der Waals surface area contributed by atoms with E-state index in [2.05, 4.69) is 10.4 Å². The zero-order valence-electron chi connectivity index (χ0n) is 11.3. The number of fused-ring (bicyclic) bond motifs is 1. The lowest BCUT2D eigenvalue weighted by Crippen LogP contribution is -2.18. The summed E-state index contributed by atoms with van der Waals surface area (Å²) in [4.78, 5) is 0. The van der Waals surface area contributed by atoms with Crippen LogP contribution in [0.3, 0.4) is 0 Å². The highest BCUT2D eigenvalue weighted by Crippen LogP contribution is 2.16. The first-order valence-corrected chi connectivity index (χ1v) is 6.64. The number of hydrogen-bond donors (Lipinski definition) is 1. The molecule has 20 heavy (non-hydrogen) atoms. The molecule has 0 fully saturated rings. The summed E-state index contributed by atoms with van der Waals surface area (Å²) in [5.74, 6) is -0.202. The first-order valence-electron chi connectivity index (χ1n) is 6.64. The average molecular weight is 269 g/mol. The van der Waals surface area contributed by atoms with E-state index in [-0.39, 0.29) is 11.9 Å². The van der Waals surface area contributed by atoms with Gasteiger partial charge in [0.1, 0.15) is 5.82 Å². The maximum absolute atomic E-state index is 13.2. The van der Waals surface area contributed by atoms with Crippen LogP contribution in [-0.2, 0) is 6.54 Å². The van der Waals surface area contributed by atoms with E-state index in [0.717, 1.165) is 16.6 Å². The van der Waals surface area contributed by atoms with Crippen molar-refractivity contribution in [3.63, 3.8) is 0 Å². The molecule has 3 rings (SSSR count). The van der Waals surface area contributed by atoms with Gasteiger partial charge in [-0.2, -0.15) is 5.10 Å². The summed E-state index contributed by atoms with van der Waals surface area (Å²) in [5.41, 5.74) is 3.17. The molecule has 0 spiro atoms. The Labute approximate surface area is 117 Å². The summed E-state index contributed by atoms with van der Waals surface area (Å²) in [6.07, 6.45) is 3.79. The van der Waals surface area contributed by atoms with Crippen LogP contribution in [0.25, 0.3) is 5.52 Å². The lowest BCUT2D eigenvalue weighted by Gasteiger charge is -2.13. The smallest absolute Gasteiger partial charge is 0.123 e. The van der Waals surface area contributed by atoms with Gasteiger partial charge in [-0.3, -0.25) is 0 Å². The molecule has 0 aliphatic rings. The van der Waals surface area contributed by atoms with E-state index >= 15 is 0 Å². The summed E-state index contributed by atoms with van der Waals surface area (Å²) >= 11 is 0. The van der Waals surface area contributed by atoms with Gasteiger partial charge < -0.3 is 5.32 Å². The van der Waals surface area contributed by atoms with Gasteiger partial charge in [0.15, 0.2) is 0 Å². The van der Waals surface area contributed by atoms with Crippen LogP contribution in [0, 0.1) is 5.82 Å². The molecule has 0 saturated heterocycles. The summed E-state index contributed by atoms with van der Waals surface area (Å²) < 4.78 is 15.1. The molecule has 0 aliphatic heterocycles. The van der Waals surface area contributed by atoms with Crippen molar-refractivity contribution < 1.29 is 4.39 Å². The van der Waals surface area contributed by atoms with Gasteiger partial charge in [0.2, 0.25) is 0 Å². The number of hydrogen-bond acceptors (Lipinski definition) is 2. The van der Waals surface area contributed by atoms with E-state index in [0.29, 0.717) is 6.54 Å². The van der Waals surface area contributed by atoms with Crippen LogP contribution in [0.1, 0.15) is 24.1 Å². The predicted octanol–water partition coefficient (Wildman–Crippen LogP) is 3.32. The van der Waals surface area contributed by atoms with Gasteiger partial charge in [-0.15, -0.1) is 0 Å². The maximum atomic E-state index is 13.2. The fraction of sp³-hybridized carbons (Fsp3) is 0.188. The summed E-state index contributed by atoms with van der Waals surface area (Å²) in [7, 11) is 0. The Morgan fingerprint density at radius 3 is 3.00 bits per heavy atom. The number of halogens is 1. The van der Waals surface area contributed by atoms with Crippen molar-refractivity contribution in [2.75, 3.05) is 0 Å². The summed E-state index contributed by atoms with van der Waals surface area (Å²) in [6.45, 7) is 2.73. The molecule has 3 nitrogen and oxygen atoms in total. The van der Waals surface area contributed by atoms with Crippen molar-refractivity contribution >= 4 is 5.52 Å². The quantitative estimate of drug-likeness (QED) is 0.787. The Morgan fingerprint density at radius 1 is 1.25 bits per heavy atom. The third-order valence-electron chi connectivity index (χ3n) is 3.45. The average Bonchev–Trinajstić information content (AvgIpc) is 2.88. The monoisotopic (exact) mass is 269 g/mol. The van der Waals surface area contributed by atoms with Crippen LogP contribution in [0.15, 0.2) is 54.9 Å². The predicted molar refractivity (Wildman–Crippen MR) is 76.8 cm³/mol. The minimum absolute atomic E-state index is 0.0874. The van der Waals surface area contributed by atoms with Gasteiger partial charge in [0.05, 0.1) is 11.7 Å². The molecule has 3 aromatic rings. The number of pyridine rings is 1. The maximum Gasteiger partial charge on any atom is 0.123 e. The Morgan fingerprint density at radius 2 is 2.15 bits per heavy atom. The van der Waals surface area contributed by atoms with Gasteiger partial charge in [-0.1, -0.05) is 18.2 Å². The van der Waals surface area contributed by atoms with E-state index in [4.69, 9.17) is 0 Å². The lowest BCUT2D eigenvalue weighted by molar-refractivity contribution is 0.566. The minimum atomic E-state index is -0.202. The largest absolute Gasteiger partial charge is 0.306 e. The molecule has 2 heterocycles. The van der Waals surface area contributed by atoms with Crippen LogP contribution in [0.5, 0.6) is 0 Å². The lowest BCUT2D eigenvalue weighted by atomic mass is 10.1. The van der Waals surface area contributed by atoms with Gasteiger partial charge >= 0.3 is 0 Å². The standard InChI is InChI=1S/C16H16FN3/c1-12(13-5-4-6-15(17)9-13)18-10-14-11-19-20-8-3-2-7-16(14)20/h2-9,11-12,18H,10H2,1H3. The molecule has 0 aliphatic carbocycles. The molecule has 1 N–H and O–H groups in total. The van der Waals surface area contributed by atoms with Crippen LogP contribution in [-0.4, -0.2) is 9.61 Å². The van der Waals surface area contributed by atoms with E-state index in [9.17, 15) is 4.39 Å². The van der Waals surface area contributed by atoms with Crippen LogP contribution < -0.4 is 5.32 Å². The van der Waals surface area contributed by atoms with E-state index in [1.165, 1.54) is 6.07 Å². The first-order chi connectivity index (χ1) is 9.74. The first kappa shape index (κ1) is 12.8. The third kappa shape index (κ3) is 2.56. The highest BCUT2D eigenvalue weighted by Gasteiger charge is 2.08. The van der Waals surface area contributed by atoms with Crippen molar-refractivity contribution in [1.82, 2.24) is 14.9 Å². The number of nitrogens with one attached hydrogen (secondary N) is 1. The van der Waals surface area contributed by atoms with Crippen molar-refractivity contribution in [2.45, 2.75) is 19.5 Å². The molecule has 2 aromatic heterocycles. The summed E-state index contributed by atoms with van der Waals surface area (Å²) in [6, 6.07) is 12.8. The second kappa shape index (κ2) is 5.43. The molecule has 4 heteroatoms. The van der Waals surface area contributed by atoms with Crippen molar-refractivity contribution in [3.8, 4) is 0 Å². The third-order valence-corrected chi connectivity index (χ3v) is 3.45. The Balaban J connectivity index is 1.73. The molecule has 0 bridgehead atoms. The SMILES string of the molecule is CC(NCc1cnn2ccccc12)c1cccc(F)c1. The fourth-order valence-electron chi connectivity index (χ4n) is 2.28. The Hall–Kier alpha value is -2.20. The number of nitrogens with zero attached hydrogens (tertiary/aromatic N) is 2. The number of aromatic nitrogens is 2. The second-order valence-corrected chi connectivity index (χ2v) is 4.86. The zero-order chi connectivity index (χ0) is 13.9. The van der Waals surface area contributed by atoms with Crippen LogP contribution in [0.2, 0.25) is 0 Å². The summed E-state index contributed by atoms with van der Waals surface area (Å²) in [5, 5.41) is 7.70. The van der Waals surface area contributed by atoms with Crippen molar-refractivity contribution in [3.05, 3.63) is 71.8 Å². The fourth-order valence-corrected chi connectivity index (χ4v) is 2.28. The highest BCUT2D eigenvalue weighted by atomic mass is 19.1. The van der Waals surface area contributed by atoms with Crippen molar-refractivity contribution in [2.24, 2.45) is 0 Å². The molecule has 0 amide bonds. The van der Waals surface area contributed by atoms with Gasteiger partial charge in [0, 0.05) is 24.3 Å². The van der Waals surface area contributed by atoms with E-state index in [1.54, 1.807) is 12.1 Å². The van der Waals surface area contributed by atoms with Gasteiger partial charge in [0.25, 0.3) is 0 Å². The topological polar surface area (TPSA) is 29.3 Å². The van der Waals surface area contributed by atoms with Crippen LogP contribution >= 0.6 is 0 Å². The number of benzene rings is 1. The van der Waals surface area contributed by atoms with Gasteiger partial charge in [-0.25, -0.2) is 8.91 Å². The van der Waals surface area contributed by atoms with Crippen LogP contribution in [0.4, 0.5) is 4.39 Å². The second-order valence-electron chi connectivity index (χ2n) is 4.86. The van der Waals surface area contributed by atoms with E-state index < -0.39 is 0 Å². The van der Waals surface area contributed by atoms with Crippen molar-refractivity contribution in [1.29, 1.82) is 0 Å².